The highest BCUT2D eigenvalue weighted by Gasteiger charge is 2.18. The maximum absolute atomic E-state index is 11.8. The van der Waals surface area contributed by atoms with E-state index in [0.29, 0.717) is 13.2 Å². The van der Waals surface area contributed by atoms with Crippen molar-refractivity contribution in [2.75, 3.05) is 13.2 Å². The Morgan fingerprint density at radius 2 is 2.05 bits per heavy atom. The minimum atomic E-state index is -0.419. The Labute approximate surface area is 133 Å². The van der Waals surface area contributed by atoms with Crippen molar-refractivity contribution in [3.63, 3.8) is 0 Å². The Morgan fingerprint density at radius 1 is 1.38 bits per heavy atom. The molecule has 0 aliphatic heterocycles. The number of carbonyl (C=O) groups excluding carboxylic acids is 1. The van der Waals surface area contributed by atoms with Crippen LogP contribution < -0.4 is 15.8 Å². The average Bonchev–Trinajstić information content (AvgIpc) is 2.46. The van der Waals surface area contributed by atoms with Gasteiger partial charge in [-0.05, 0) is 30.9 Å². The van der Waals surface area contributed by atoms with Gasteiger partial charge in [-0.1, -0.05) is 38.5 Å². The van der Waals surface area contributed by atoms with Gasteiger partial charge in [-0.15, -0.1) is 12.4 Å². The fraction of sp³-hybridized carbons (Fsp3) is 0.562. The highest BCUT2D eigenvalue weighted by atomic mass is 35.5. The SMILES string of the molecule is CCC(C)C(N)C(=O)NCCCOc1ccccc1C.Cl. The molecular weight excluding hydrogens is 288 g/mol. The molecule has 1 aromatic rings. The van der Waals surface area contributed by atoms with Crippen molar-refractivity contribution in [1.82, 2.24) is 5.32 Å². The smallest absolute Gasteiger partial charge is 0.237 e. The minimum Gasteiger partial charge on any atom is -0.493 e. The van der Waals surface area contributed by atoms with Crippen LogP contribution in [-0.4, -0.2) is 25.1 Å². The summed E-state index contributed by atoms with van der Waals surface area (Å²) >= 11 is 0. The molecule has 1 rings (SSSR count). The van der Waals surface area contributed by atoms with Crippen molar-refractivity contribution in [2.24, 2.45) is 11.7 Å². The lowest BCUT2D eigenvalue weighted by Crippen LogP contribution is -2.45. The molecule has 21 heavy (non-hydrogen) atoms. The normalized spacial score (nSPS) is 13.0. The van der Waals surface area contributed by atoms with Crippen LogP contribution in [0.1, 0.15) is 32.3 Å². The fourth-order valence-electron chi connectivity index (χ4n) is 1.81. The summed E-state index contributed by atoms with van der Waals surface area (Å²) in [7, 11) is 0. The Balaban J connectivity index is 0.00000400. The Morgan fingerprint density at radius 3 is 2.67 bits per heavy atom. The molecule has 0 saturated carbocycles. The summed E-state index contributed by atoms with van der Waals surface area (Å²) in [6.45, 7) is 7.22. The van der Waals surface area contributed by atoms with Crippen molar-refractivity contribution in [3.8, 4) is 5.75 Å². The lowest BCUT2D eigenvalue weighted by molar-refractivity contribution is -0.123. The number of halogens is 1. The zero-order valence-corrected chi connectivity index (χ0v) is 13.9. The maximum Gasteiger partial charge on any atom is 0.237 e. The number of rotatable bonds is 8. The molecule has 2 atom stereocenters. The van der Waals surface area contributed by atoms with E-state index >= 15 is 0 Å². The summed E-state index contributed by atoms with van der Waals surface area (Å²) in [6.07, 6.45) is 1.68. The van der Waals surface area contributed by atoms with Crippen molar-refractivity contribution in [3.05, 3.63) is 29.8 Å². The van der Waals surface area contributed by atoms with E-state index in [0.717, 1.165) is 24.2 Å². The number of carbonyl (C=O) groups is 1. The van der Waals surface area contributed by atoms with E-state index in [2.05, 4.69) is 5.32 Å². The summed E-state index contributed by atoms with van der Waals surface area (Å²) in [4.78, 5) is 11.8. The molecule has 4 nitrogen and oxygen atoms in total. The molecule has 5 heteroatoms. The second kappa shape index (κ2) is 10.5. The van der Waals surface area contributed by atoms with Gasteiger partial charge in [-0.2, -0.15) is 0 Å². The van der Waals surface area contributed by atoms with Gasteiger partial charge in [-0.25, -0.2) is 0 Å². The summed E-state index contributed by atoms with van der Waals surface area (Å²) in [6, 6.07) is 7.49. The first-order chi connectivity index (χ1) is 9.56. The molecule has 0 aromatic heterocycles. The third-order valence-electron chi connectivity index (χ3n) is 3.53. The number of hydrogen-bond donors (Lipinski definition) is 2. The molecule has 0 bridgehead atoms. The van der Waals surface area contributed by atoms with Crippen LogP contribution in [0.3, 0.4) is 0 Å². The largest absolute Gasteiger partial charge is 0.493 e. The highest BCUT2D eigenvalue weighted by molar-refractivity contribution is 5.85. The average molecular weight is 315 g/mol. The van der Waals surface area contributed by atoms with E-state index < -0.39 is 6.04 Å². The predicted octanol–water partition coefficient (Wildman–Crippen LogP) is 2.68. The van der Waals surface area contributed by atoms with Crippen LogP contribution in [-0.2, 0) is 4.79 Å². The second-order valence-electron chi connectivity index (χ2n) is 5.17. The fourth-order valence-corrected chi connectivity index (χ4v) is 1.81. The van der Waals surface area contributed by atoms with Crippen LogP contribution in [0.25, 0.3) is 0 Å². The van der Waals surface area contributed by atoms with E-state index in [1.165, 1.54) is 0 Å². The van der Waals surface area contributed by atoms with Crippen LogP contribution >= 0.6 is 12.4 Å². The number of amides is 1. The molecule has 2 unspecified atom stereocenters. The molecule has 3 N–H and O–H groups in total. The van der Waals surface area contributed by atoms with E-state index in [1.54, 1.807) is 0 Å². The number of para-hydroxylation sites is 1. The van der Waals surface area contributed by atoms with Crippen molar-refractivity contribution < 1.29 is 9.53 Å². The summed E-state index contributed by atoms with van der Waals surface area (Å²) in [5.41, 5.74) is 6.97. The third-order valence-corrected chi connectivity index (χ3v) is 3.53. The molecule has 0 saturated heterocycles. The monoisotopic (exact) mass is 314 g/mol. The lowest BCUT2D eigenvalue weighted by Gasteiger charge is -2.17. The Bertz CT molecular complexity index is 426. The topological polar surface area (TPSA) is 64.4 Å². The molecule has 0 aliphatic rings. The standard InChI is InChI=1S/C16H26N2O2.ClH/c1-4-12(2)15(17)16(19)18-10-7-11-20-14-9-6-5-8-13(14)3;/h5-6,8-9,12,15H,4,7,10-11,17H2,1-3H3,(H,18,19);1H. The van der Waals surface area contributed by atoms with E-state index in [9.17, 15) is 4.79 Å². The van der Waals surface area contributed by atoms with Gasteiger partial charge in [0.15, 0.2) is 0 Å². The van der Waals surface area contributed by atoms with E-state index in [4.69, 9.17) is 10.5 Å². The lowest BCUT2D eigenvalue weighted by atomic mass is 9.99. The van der Waals surface area contributed by atoms with Gasteiger partial charge in [0.05, 0.1) is 12.6 Å². The van der Waals surface area contributed by atoms with Crippen LogP contribution in [0.2, 0.25) is 0 Å². The Hall–Kier alpha value is -1.26. The quantitative estimate of drug-likeness (QED) is 0.725. The number of nitrogens with two attached hydrogens (primary N) is 1. The molecule has 0 fully saturated rings. The third kappa shape index (κ3) is 6.82. The molecule has 1 amide bonds. The van der Waals surface area contributed by atoms with Crippen molar-refractivity contribution >= 4 is 18.3 Å². The summed E-state index contributed by atoms with van der Waals surface area (Å²) in [5, 5.41) is 2.85. The van der Waals surface area contributed by atoms with Gasteiger partial charge in [0, 0.05) is 6.54 Å². The van der Waals surface area contributed by atoms with E-state index in [-0.39, 0.29) is 24.2 Å². The van der Waals surface area contributed by atoms with Crippen molar-refractivity contribution in [1.29, 1.82) is 0 Å². The van der Waals surface area contributed by atoms with Crippen LogP contribution in [0.4, 0.5) is 0 Å². The zero-order valence-electron chi connectivity index (χ0n) is 13.1. The number of aryl methyl sites for hydroxylation is 1. The van der Waals surface area contributed by atoms with Gasteiger partial charge in [-0.3, -0.25) is 4.79 Å². The summed E-state index contributed by atoms with van der Waals surface area (Å²) < 4.78 is 5.67. The molecule has 0 heterocycles. The minimum absolute atomic E-state index is 0. The molecule has 0 radical (unpaired) electrons. The van der Waals surface area contributed by atoms with Crippen LogP contribution in [0, 0.1) is 12.8 Å². The molecule has 0 spiro atoms. The molecule has 120 valence electrons. The molecular formula is C16H27ClN2O2. The highest BCUT2D eigenvalue weighted by Crippen LogP contribution is 2.15. The predicted molar refractivity (Wildman–Crippen MR) is 89.0 cm³/mol. The van der Waals surface area contributed by atoms with Gasteiger partial charge in [0.25, 0.3) is 0 Å². The van der Waals surface area contributed by atoms with Crippen LogP contribution in [0.15, 0.2) is 24.3 Å². The van der Waals surface area contributed by atoms with Crippen molar-refractivity contribution in [2.45, 2.75) is 39.7 Å². The first-order valence-corrected chi connectivity index (χ1v) is 7.28. The van der Waals surface area contributed by atoms with Gasteiger partial charge in [0.1, 0.15) is 5.75 Å². The number of nitrogens with one attached hydrogen (secondary N) is 1. The van der Waals surface area contributed by atoms with Gasteiger partial charge >= 0.3 is 0 Å². The number of hydrogen-bond acceptors (Lipinski definition) is 3. The number of benzene rings is 1. The second-order valence-corrected chi connectivity index (χ2v) is 5.17. The zero-order chi connectivity index (χ0) is 15.0. The first kappa shape index (κ1) is 19.7. The van der Waals surface area contributed by atoms with Crippen LogP contribution in [0.5, 0.6) is 5.75 Å². The summed E-state index contributed by atoms with van der Waals surface area (Å²) in [5.74, 6) is 1.03. The number of ether oxygens (including phenoxy) is 1. The molecule has 0 aliphatic carbocycles. The van der Waals surface area contributed by atoms with E-state index in [1.807, 2.05) is 45.0 Å². The Kier molecular flexibility index (Phi) is 9.84. The molecule has 1 aromatic carbocycles. The van der Waals surface area contributed by atoms with Gasteiger partial charge in [0.2, 0.25) is 5.91 Å². The van der Waals surface area contributed by atoms with Gasteiger partial charge < -0.3 is 15.8 Å². The first-order valence-electron chi connectivity index (χ1n) is 7.28. The maximum atomic E-state index is 11.8.